The normalized spacial score (nSPS) is 10.7. The molecule has 0 aliphatic heterocycles. The summed E-state index contributed by atoms with van der Waals surface area (Å²) in [5.74, 6) is 0.0862. The number of nitrogens with zero attached hydrogens (tertiary/aromatic N) is 1. The fourth-order valence-electron chi connectivity index (χ4n) is 2.37. The number of carbonyl (C=O) groups is 1. The number of hydrogen-bond acceptors (Lipinski definition) is 4. The van der Waals surface area contributed by atoms with Gasteiger partial charge in [0.1, 0.15) is 18.1 Å². The number of carbonyl (C=O) groups excluding carboxylic acids is 1. The van der Waals surface area contributed by atoms with Crippen LogP contribution in [0.15, 0.2) is 77.9 Å². The molecule has 0 heterocycles. The second kappa shape index (κ2) is 8.87. The van der Waals surface area contributed by atoms with Gasteiger partial charge in [-0.25, -0.2) is 5.43 Å². The molecule has 1 amide bonds. The van der Waals surface area contributed by atoms with E-state index in [1.165, 1.54) is 6.21 Å². The average Bonchev–Trinajstić information content (AvgIpc) is 2.69. The molecule has 0 unspecified atom stereocenters. The van der Waals surface area contributed by atoms with Crippen molar-refractivity contribution in [2.75, 3.05) is 0 Å². The topological polar surface area (TPSA) is 70.9 Å². The Balaban J connectivity index is 1.68. The Morgan fingerprint density at radius 1 is 1.04 bits per heavy atom. The predicted octanol–water partition coefficient (Wildman–Crippen LogP) is 4.39. The van der Waals surface area contributed by atoms with Crippen molar-refractivity contribution in [2.24, 2.45) is 5.10 Å². The minimum atomic E-state index is -0.420. The van der Waals surface area contributed by atoms with Gasteiger partial charge in [-0.2, -0.15) is 5.10 Å². The van der Waals surface area contributed by atoms with E-state index in [1.54, 1.807) is 54.6 Å². The first kappa shape index (κ1) is 18.5. The Hall–Kier alpha value is -3.31. The minimum Gasteiger partial charge on any atom is -0.507 e. The van der Waals surface area contributed by atoms with Gasteiger partial charge in [-0.3, -0.25) is 4.79 Å². The van der Waals surface area contributed by atoms with Crippen molar-refractivity contribution in [3.05, 3.63) is 94.5 Å². The van der Waals surface area contributed by atoms with Gasteiger partial charge in [0.15, 0.2) is 0 Å². The lowest BCUT2D eigenvalue weighted by Gasteiger charge is -2.11. The monoisotopic (exact) mass is 380 g/mol. The van der Waals surface area contributed by atoms with Crippen molar-refractivity contribution in [3.63, 3.8) is 0 Å². The molecular weight excluding hydrogens is 364 g/mol. The minimum absolute atomic E-state index is 0.0824. The lowest BCUT2D eigenvalue weighted by molar-refractivity contribution is 0.0950. The number of aromatic hydroxyl groups is 1. The van der Waals surface area contributed by atoms with E-state index in [0.717, 1.165) is 5.56 Å². The standard InChI is InChI=1S/C21H17ClN2O3/c22-18-10-4-1-8-16(18)14-27-20-12-6-3-9-17(20)21(26)24-23-13-15-7-2-5-11-19(15)25/h1-13,25H,14H2,(H,24,26)/b23-13-. The number of phenols is 1. The van der Waals surface area contributed by atoms with Crippen LogP contribution in [0.4, 0.5) is 0 Å². The number of benzene rings is 3. The molecule has 0 saturated carbocycles. The smallest absolute Gasteiger partial charge is 0.275 e. The molecule has 3 rings (SSSR count). The third-order valence-corrected chi connectivity index (χ3v) is 4.15. The van der Waals surface area contributed by atoms with Crippen LogP contribution in [0.25, 0.3) is 0 Å². The summed E-state index contributed by atoms with van der Waals surface area (Å²) in [6, 6.07) is 20.9. The van der Waals surface area contributed by atoms with Gasteiger partial charge in [0.05, 0.1) is 11.8 Å². The van der Waals surface area contributed by atoms with Crippen LogP contribution in [0.3, 0.4) is 0 Å². The van der Waals surface area contributed by atoms with Crippen LogP contribution in [0.1, 0.15) is 21.5 Å². The number of rotatable bonds is 6. The van der Waals surface area contributed by atoms with Crippen LogP contribution in [-0.2, 0) is 6.61 Å². The lowest BCUT2D eigenvalue weighted by Crippen LogP contribution is -2.18. The molecule has 0 spiro atoms. The SMILES string of the molecule is O=C(N/N=C\c1ccccc1O)c1ccccc1OCc1ccccc1Cl. The molecule has 5 nitrogen and oxygen atoms in total. The van der Waals surface area contributed by atoms with E-state index in [4.69, 9.17) is 16.3 Å². The van der Waals surface area contributed by atoms with E-state index >= 15 is 0 Å². The summed E-state index contributed by atoms with van der Waals surface area (Å²) in [4.78, 5) is 12.4. The fourth-order valence-corrected chi connectivity index (χ4v) is 2.56. The van der Waals surface area contributed by atoms with Crippen molar-refractivity contribution in [1.29, 1.82) is 0 Å². The highest BCUT2D eigenvalue weighted by molar-refractivity contribution is 6.31. The molecule has 0 aliphatic carbocycles. The highest BCUT2D eigenvalue weighted by Gasteiger charge is 2.12. The largest absolute Gasteiger partial charge is 0.507 e. The van der Waals surface area contributed by atoms with Crippen molar-refractivity contribution in [2.45, 2.75) is 6.61 Å². The van der Waals surface area contributed by atoms with Gasteiger partial charge >= 0.3 is 0 Å². The molecule has 0 radical (unpaired) electrons. The number of phenolic OH excluding ortho intramolecular Hbond substituents is 1. The quantitative estimate of drug-likeness (QED) is 0.492. The highest BCUT2D eigenvalue weighted by Crippen LogP contribution is 2.22. The van der Waals surface area contributed by atoms with Gasteiger partial charge in [0.25, 0.3) is 5.91 Å². The molecule has 0 saturated heterocycles. The van der Waals surface area contributed by atoms with Crippen LogP contribution in [0, 0.1) is 0 Å². The zero-order valence-electron chi connectivity index (χ0n) is 14.3. The fraction of sp³-hybridized carbons (Fsp3) is 0.0476. The maximum absolute atomic E-state index is 12.4. The molecule has 2 N–H and O–H groups in total. The number of amides is 1. The van der Waals surface area contributed by atoms with Crippen LogP contribution < -0.4 is 10.2 Å². The van der Waals surface area contributed by atoms with Crippen LogP contribution in [0.5, 0.6) is 11.5 Å². The summed E-state index contributed by atoms with van der Waals surface area (Å²) in [5.41, 5.74) is 4.11. The van der Waals surface area contributed by atoms with E-state index < -0.39 is 5.91 Å². The Morgan fingerprint density at radius 3 is 2.56 bits per heavy atom. The van der Waals surface area contributed by atoms with Crippen LogP contribution >= 0.6 is 11.6 Å². The van der Waals surface area contributed by atoms with E-state index in [2.05, 4.69) is 10.5 Å². The van der Waals surface area contributed by atoms with Crippen molar-refractivity contribution in [1.82, 2.24) is 5.43 Å². The molecule has 3 aromatic rings. The Labute approximate surface area is 161 Å². The molecule has 0 aliphatic rings. The van der Waals surface area contributed by atoms with Crippen LogP contribution in [-0.4, -0.2) is 17.2 Å². The van der Waals surface area contributed by atoms with E-state index in [1.807, 2.05) is 18.2 Å². The number of halogens is 1. The average molecular weight is 381 g/mol. The highest BCUT2D eigenvalue weighted by atomic mass is 35.5. The summed E-state index contributed by atoms with van der Waals surface area (Å²) in [7, 11) is 0. The molecule has 0 bridgehead atoms. The third kappa shape index (κ3) is 4.86. The molecule has 3 aromatic carbocycles. The number of para-hydroxylation sites is 2. The number of hydrazone groups is 1. The van der Waals surface area contributed by atoms with Crippen LogP contribution in [0.2, 0.25) is 5.02 Å². The van der Waals surface area contributed by atoms with Gasteiger partial charge in [0, 0.05) is 16.1 Å². The first-order valence-corrected chi connectivity index (χ1v) is 8.59. The summed E-state index contributed by atoms with van der Waals surface area (Å²) in [5, 5.41) is 14.2. The zero-order valence-corrected chi connectivity index (χ0v) is 15.1. The zero-order chi connectivity index (χ0) is 19.1. The molecule has 136 valence electrons. The summed E-state index contributed by atoms with van der Waals surface area (Å²) < 4.78 is 5.77. The second-order valence-electron chi connectivity index (χ2n) is 5.63. The van der Waals surface area contributed by atoms with Crippen molar-refractivity contribution >= 4 is 23.7 Å². The molecule has 0 aromatic heterocycles. The van der Waals surface area contributed by atoms with E-state index in [0.29, 0.717) is 21.9 Å². The summed E-state index contributed by atoms with van der Waals surface area (Å²) in [6.07, 6.45) is 1.38. The molecular formula is C21H17ClN2O3. The van der Waals surface area contributed by atoms with Gasteiger partial charge < -0.3 is 9.84 Å². The third-order valence-electron chi connectivity index (χ3n) is 3.78. The molecule has 0 fully saturated rings. The summed E-state index contributed by atoms with van der Waals surface area (Å²) >= 11 is 6.13. The first-order valence-electron chi connectivity index (χ1n) is 8.22. The maximum atomic E-state index is 12.4. The number of ether oxygens (including phenoxy) is 1. The van der Waals surface area contributed by atoms with Gasteiger partial charge in [-0.1, -0.05) is 54.1 Å². The molecule has 6 heteroatoms. The summed E-state index contributed by atoms with van der Waals surface area (Å²) in [6.45, 7) is 0.241. The second-order valence-corrected chi connectivity index (χ2v) is 6.04. The number of nitrogens with one attached hydrogen (secondary N) is 1. The Kier molecular flexibility index (Phi) is 6.07. The van der Waals surface area contributed by atoms with Crippen molar-refractivity contribution < 1.29 is 14.6 Å². The lowest BCUT2D eigenvalue weighted by atomic mass is 10.2. The number of hydrogen-bond donors (Lipinski definition) is 2. The van der Waals surface area contributed by atoms with Gasteiger partial charge in [0.2, 0.25) is 0 Å². The molecule has 0 atom stereocenters. The Bertz CT molecular complexity index is 973. The van der Waals surface area contributed by atoms with E-state index in [9.17, 15) is 9.90 Å². The van der Waals surface area contributed by atoms with Gasteiger partial charge in [-0.05, 0) is 30.3 Å². The Morgan fingerprint density at radius 2 is 1.74 bits per heavy atom. The van der Waals surface area contributed by atoms with Crippen molar-refractivity contribution in [3.8, 4) is 11.5 Å². The maximum Gasteiger partial charge on any atom is 0.275 e. The predicted molar refractivity (Wildman–Crippen MR) is 105 cm³/mol. The first-order chi connectivity index (χ1) is 13.1. The van der Waals surface area contributed by atoms with E-state index in [-0.39, 0.29) is 12.4 Å². The molecule has 27 heavy (non-hydrogen) atoms. The van der Waals surface area contributed by atoms with Gasteiger partial charge in [-0.15, -0.1) is 0 Å².